The highest BCUT2D eigenvalue weighted by Crippen LogP contribution is 2.30. The van der Waals surface area contributed by atoms with Crippen LogP contribution in [0.3, 0.4) is 0 Å². The van der Waals surface area contributed by atoms with Gasteiger partial charge in [0.25, 0.3) is 0 Å². The van der Waals surface area contributed by atoms with Gasteiger partial charge in [-0.15, -0.1) is 10.2 Å². The van der Waals surface area contributed by atoms with Gasteiger partial charge in [-0.2, -0.15) is 0 Å². The summed E-state index contributed by atoms with van der Waals surface area (Å²) in [6, 6.07) is 7.64. The van der Waals surface area contributed by atoms with Crippen LogP contribution in [0.25, 0.3) is 10.9 Å². The highest BCUT2D eigenvalue weighted by atomic mass is 16.5. The molecule has 2 N–H and O–H groups in total. The van der Waals surface area contributed by atoms with E-state index in [0.717, 1.165) is 5.39 Å². The molecule has 0 atom stereocenters. The Morgan fingerprint density at radius 3 is 2.86 bits per heavy atom. The van der Waals surface area contributed by atoms with Gasteiger partial charge >= 0.3 is 5.97 Å². The first-order chi connectivity index (χ1) is 10.2. The van der Waals surface area contributed by atoms with Crippen molar-refractivity contribution in [3.05, 3.63) is 30.0 Å². The molecule has 2 aromatic rings. The van der Waals surface area contributed by atoms with Crippen molar-refractivity contribution in [3.63, 3.8) is 0 Å². The van der Waals surface area contributed by atoms with E-state index in [2.05, 4.69) is 15.5 Å². The van der Waals surface area contributed by atoms with Gasteiger partial charge in [0.15, 0.2) is 5.69 Å². The van der Waals surface area contributed by atoms with Gasteiger partial charge in [0, 0.05) is 11.4 Å². The summed E-state index contributed by atoms with van der Waals surface area (Å²) in [7, 11) is 0. The van der Waals surface area contributed by atoms with Crippen molar-refractivity contribution < 1.29 is 14.6 Å². The van der Waals surface area contributed by atoms with E-state index >= 15 is 0 Å². The third-order valence-corrected chi connectivity index (χ3v) is 3.60. The first-order valence-corrected chi connectivity index (χ1v) is 7.06. The molecule has 1 aliphatic rings. The van der Waals surface area contributed by atoms with Crippen molar-refractivity contribution in [3.8, 4) is 0 Å². The molecular formula is C15H17N3O3. The molecule has 0 amide bonds. The summed E-state index contributed by atoms with van der Waals surface area (Å²) >= 11 is 0. The van der Waals surface area contributed by atoms with Crippen LogP contribution < -0.4 is 5.32 Å². The molecule has 1 aromatic heterocycles. The maximum atomic E-state index is 12.0. The van der Waals surface area contributed by atoms with Crippen LogP contribution in [-0.2, 0) is 4.74 Å². The fraction of sp³-hybridized carbons (Fsp3) is 0.400. The molecule has 1 aromatic carbocycles. The van der Waals surface area contributed by atoms with Crippen LogP contribution >= 0.6 is 0 Å². The molecule has 1 aliphatic carbocycles. The minimum Gasteiger partial charge on any atom is -0.461 e. The standard InChI is InChI=1S/C15H17N3O3/c1-2-21-15(20)14-13(16-9-7-10(19)8-9)11-5-3-4-6-12(11)17-18-14/h3-6,9-10,19H,2,7-8H2,1H3,(H,16,17). The number of carbonyl (C=O) groups is 1. The third-order valence-electron chi connectivity index (χ3n) is 3.60. The maximum absolute atomic E-state index is 12.0. The Kier molecular flexibility index (Phi) is 3.70. The number of hydrogen-bond donors (Lipinski definition) is 2. The summed E-state index contributed by atoms with van der Waals surface area (Å²) in [5.74, 6) is -0.488. The Morgan fingerprint density at radius 2 is 2.14 bits per heavy atom. The number of aromatic nitrogens is 2. The molecule has 6 heteroatoms. The molecule has 1 fully saturated rings. The number of hydrogen-bond acceptors (Lipinski definition) is 6. The van der Waals surface area contributed by atoms with Gasteiger partial charge in [-0.3, -0.25) is 0 Å². The number of carbonyl (C=O) groups excluding carboxylic acids is 1. The Balaban J connectivity index is 2.02. The highest BCUT2D eigenvalue weighted by Gasteiger charge is 2.29. The van der Waals surface area contributed by atoms with Crippen molar-refractivity contribution in [1.82, 2.24) is 10.2 Å². The summed E-state index contributed by atoms with van der Waals surface area (Å²) in [6.07, 6.45) is 1.06. The van der Waals surface area contributed by atoms with Gasteiger partial charge in [-0.1, -0.05) is 18.2 Å². The molecule has 0 bridgehead atoms. The SMILES string of the molecule is CCOC(=O)c1nnc2ccccc2c1NC1CC(O)C1. The molecule has 1 saturated carbocycles. The number of aliphatic hydroxyl groups excluding tert-OH is 1. The van der Waals surface area contributed by atoms with Crippen LogP contribution in [0, 0.1) is 0 Å². The lowest BCUT2D eigenvalue weighted by Gasteiger charge is -2.33. The molecule has 0 spiro atoms. The van der Waals surface area contributed by atoms with E-state index in [-0.39, 0.29) is 24.4 Å². The molecule has 0 unspecified atom stereocenters. The summed E-state index contributed by atoms with van der Waals surface area (Å²) in [6.45, 7) is 2.04. The van der Waals surface area contributed by atoms with Gasteiger partial charge in [-0.05, 0) is 25.8 Å². The predicted molar refractivity (Wildman–Crippen MR) is 78.1 cm³/mol. The molecule has 3 rings (SSSR count). The van der Waals surface area contributed by atoms with Crippen molar-refractivity contribution in [1.29, 1.82) is 0 Å². The molecule has 0 saturated heterocycles. The number of rotatable bonds is 4. The van der Waals surface area contributed by atoms with Crippen LogP contribution in [0.15, 0.2) is 24.3 Å². The average Bonchev–Trinajstić information content (AvgIpc) is 2.46. The zero-order valence-electron chi connectivity index (χ0n) is 11.7. The van der Waals surface area contributed by atoms with E-state index in [9.17, 15) is 9.90 Å². The summed E-state index contributed by atoms with van der Waals surface area (Å²) < 4.78 is 5.04. The number of nitrogens with zero attached hydrogens (tertiary/aromatic N) is 2. The Labute approximate surface area is 122 Å². The lowest BCUT2D eigenvalue weighted by Crippen LogP contribution is -2.39. The lowest BCUT2D eigenvalue weighted by molar-refractivity contribution is 0.0519. The fourth-order valence-electron chi connectivity index (χ4n) is 2.45. The monoisotopic (exact) mass is 287 g/mol. The highest BCUT2D eigenvalue weighted by molar-refractivity contribution is 6.03. The number of fused-ring (bicyclic) bond motifs is 1. The van der Waals surface area contributed by atoms with Gasteiger partial charge < -0.3 is 15.2 Å². The third kappa shape index (κ3) is 2.67. The van der Waals surface area contributed by atoms with E-state index in [1.54, 1.807) is 6.92 Å². The number of nitrogens with one attached hydrogen (secondary N) is 1. The first-order valence-electron chi connectivity index (χ1n) is 7.06. The molecule has 0 radical (unpaired) electrons. The molecule has 6 nitrogen and oxygen atoms in total. The Bertz CT molecular complexity index is 668. The molecule has 0 aliphatic heterocycles. The minimum absolute atomic E-state index is 0.140. The minimum atomic E-state index is -0.488. The number of ether oxygens (including phenoxy) is 1. The summed E-state index contributed by atoms with van der Waals surface area (Å²) in [4.78, 5) is 12.0. The fourth-order valence-corrected chi connectivity index (χ4v) is 2.45. The van der Waals surface area contributed by atoms with Crippen molar-refractivity contribution in [2.75, 3.05) is 11.9 Å². The first kappa shape index (κ1) is 13.8. The Hall–Kier alpha value is -2.21. The summed E-state index contributed by atoms with van der Waals surface area (Å²) in [5, 5.41) is 21.6. The molecule has 110 valence electrons. The maximum Gasteiger partial charge on any atom is 0.361 e. The van der Waals surface area contributed by atoms with E-state index in [0.29, 0.717) is 24.0 Å². The zero-order valence-corrected chi connectivity index (χ0v) is 11.7. The van der Waals surface area contributed by atoms with Crippen molar-refractivity contribution >= 4 is 22.6 Å². The van der Waals surface area contributed by atoms with Gasteiger partial charge in [0.1, 0.15) is 0 Å². The van der Waals surface area contributed by atoms with Gasteiger partial charge in [0.05, 0.1) is 23.9 Å². The van der Waals surface area contributed by atoms with E-state index in [1.165, 1.54) is 0 Å². The zero-order chi connectivity index (χ0) is 14.8. The van der Waals surface area contributed by atoms with Crippen molar-refractivity contribution in [2.45, 2.75) is 31.9 Å². The average molecular weight is 287 g/mol. The van der Waals surface area contributed by atoms with Gasteiger partial charge in [-0.25, -0.2) is 4.79 Å². The smallest absolute Gasteiger partial charge is 0.361 e. The van der Waals surface area contributed by atoms with E-state index in [4.69, 9.17) is 4.74 Å². The number of esters is 1. The molecule has 21 heavy (non-hydrogen) atoms. The number of aliphatic hydroxyl groups is 1. The second kappa shape index (κ2) is 5.65. The van der Waals surface area contributed by atoms with Crippen LogP contribution in [0.1, 0.15) is 30.3 Å². The quantitative estimate of drug-likeness (QED) is 0.833. The molecule has 1 heterocycles. The largest absolute Gasteiger partial charge is 0.461 e. The van der Waals surface area contributed by atoms with Crippen LogP contribution in [0.4, 0.5) is 5.69 Å². The van der Waals surface area contributed by atoms with Crippen LogP contribution in [0.5, 0.6) is 0 Å². The number of anilines is 1. The summed E-state index contributed by atoms with van der Waals surface area (Å²) in [5.41, 5.74) is 1.54. The van der Waals surface area contributed by atoms with E-state index < -0.39 is 5.97 Å². The van der Waals surface area contributed by atoms with Crippen LogP contribution in [0.2, 0.25) is 0 Å². The second-order valence-corrected chi connectivity index (χ2v) is 5.13. The molecular weight excluding hydrogens is 270 g/mol. The predicted octanol–water partition coefficient (Wildman–Crippen LogP) is 1.74. The number of benzene rings is 1. The van der Waals surface area contributed by atoms with Crippen LogP contribution in [-0.4, -0.2) is 40.0 Å². The lowest BCUT2D eigenvalue weighted by atomic mass is 9.89. The van der Waals surface area contributed by atoms with Gasteiger partial charge in [0.2, 0.25) is 0 Å². The Morgan fingerprint density at radius 1 is 1.38 bits per heavy atom. The second-order valence-electron chi connectivity index (χ2n) is 5.13. The van der Waals surface area contributed by atoms with Crippen molar-refractivity contribution in [2.24, 2.45) is 0 Å². The normalized spacial score (nSPS) is 20.9. The topological polar surface area (TPSA) is 84.3 Å². The van der Waals surface area contributed by atoms with E-state index in [1.807, 2.05) is 24.3 Å².